The van der Waals surface area contributed by atoms with Crippen LogP contribution in [0.15, 0.2) is 45.3 Å². The van der Waals surface area contributed by atoms with Gasteiger partial charge in [0.2, 0.25) is 0 Å². The van der Waals surface area contributed by atoms with Crippen LogP contribution in [0.2, 0.25) is 0 Å². The molecule has 2 aromatic rings. The second kappa shape index (κ2) is 6.65. The number of hydrogen-bond acceptors (Lipinski definition) is 1. The van der Waals surface area contributed by atoms with Crippen LogP contribution >= 0.6 is 54.5 Å². The van der Waals surface area contributed by atoms with E-state index in [1.807, 2.05) is 18.2 Å². The van der Waals surface area contributed by atoms with Crippen molar-refractivity contribution in [3.8, 4) is 0 Å². The smallest absolute Gasteiger partial charge is 0.123 e. The molecule has 0 radical (unpaired) electrons. The number of nitrogens with two attached hydrogens (primary N) is 1. The highest BCUT2D eigenvalue weighted by atomic mass is 127. The molecule has 0 aliphatic rings. The van der Waals surface area contributed by atoms with Gasteiger partial charge in [-0.1, -0.05) is 31.9 Å². The quantitative estimate of drug-likeness (QED) is 0.579. The summed E-state index contributed by atoms with van der Waals surface area (Å²) in [6.07, 6.45) is 0.588. The summed E-state index contributed by atoms with van der Waals surface area (Å²) >= 11 is 9.14. The van der Waals surface area contributed by atoms with E-state index in [0.717, 1.165) is 23.6 Å². The Morgan fingerprint density at radius 2 is 1.89 bits per heavy atom. The lowest BCUT2D eigenvalue weighted by atomic mass is 10.00. The van der Waals surface area contributed by atoms with Crippen molar-refractivity contribution >= 4 is 54.5 Å². The fourth-order valence-electron chi connectivity index (χ4n) is 1.85. The summed E-state index contributed by atoms with van der Waals surface area (Å²) in [6, 6.07) is 10.5. The van der Waals surface area contributed by atoms with Crippen LogP contribution in [0, 0.1) is 9.39 Å². The van der Waals surface area contributed by atoms with Gasteiger partial charge in [0.25, 0.3) is 0 Å². The van der Waals surface area contributed by atoms with Gasteiger partial charge in [-0.25, -0.2) is 4.39 Å². The third-order valence-electron chi connectivity index (χ3n) is 2.81. The summed E-state index contributed by atoms with van der Waals surface area (Å²) < 4.78 is 16.3. The third-order valence-corrected chi connectivity index (χ3v) is 5.05. The van der Waals surface area contributed by atoms with Crippen LogP contribution in [0.4, 0.5) is 4.39 Å². The predicted molar refractivity (Wildman–Crippen MR) is 91.6 cm³/mol. The molecule has 0 saturated heterocycles. The zero-order chi connectivity index (χ0) is 14.0. The van der Waals surface area contributed by atoms with Crippen LogP contribution in [0.1, 0.15) is 17.2 Å². The number of hydrogen-bond donors (Lipinski definition) is 1. The van der Waals surface area contributed by atoms with Crippen LogP contribution in [0.3, 0.4) is 0 Å². The molecule has 19 heavy (non-hydrogen) atoms. The number of halogens is 4. The molecule has 5 heteroatoms. The molecular formula is C14H11Br2FIN. The second-order valence-corrected chi connectivity index (χ2v) is 7.14. The van der Waals surface area contributed by atoms with Crippen LogP contribution in [-0.4, -0.2) is 0 Å². The maximum Gasteiger partial charge on any atom is 0.123 e. The van der Waals surface area contributed by atoms with Crippen LogP contribution in [0.5, 0.6) is 0 Å². The summed E-state index contributed by atoms with van der Waals surface area (Å²) in [5.41, 5.74) is 8.19. The molecule has 1 nitrogen and oxygen atoms in total. The van der Waals surface area contributed by atoms with Gasteiger partial charge >= 0.3 is 0 Å². The lowest BCUT2D eigenvalue weighted by Crippen LogP contribution is -2.15. The minimum absolute atomic E-state index is 0.164. The van der Waals surface area contributed by atoms with E-state index in [0.29, 0.717) is 6.42 Å². The standard InChI is InChI=1S/C14H11Br2FIN/c15-9-1-4-13(18)11(7-9)14(19)6-8-5-10(17)2-3-12(8)16/h1-5,7,14H,6,19H2. The third kappa shape index (κ3) is 4.00. The van der Waals surface area contributed by atoms with E-state index < -0.39 is 0 Å². The Labute approximate surface area is 142 Å². The van der Waals surface area contributed by atoms with E-state index in [9.17, 15) is 4.39 Å². The molecular weight excluding hydrogens is 488 g/mol. The fraction of sp³-hybridized carbons (Fsp3) is 0.143. The molecule has 0 spiro atoms. The van der Waals surface area contributed by atoms with Crippen LogP contribution in [-0.2, 0) is 6.42 Å². The Morgan fingerprint density at radius 1 is 1.16 bits per heavy atom. The van der Waals surface area contributed by atoms with Crippen molar-refractivity contribution in [2.24, 2.45) is 5.73 Å². The number of rotatable bonds is 3. The zero-order valence-electron chi connectivity index (χ0n) is 9.84. The molecule has 2 aromatic carbocycles. The molecule has 0 aliphatic carbocycles. The monoisotopic (exact) mass is 497 g/mol. The van der Waals surface area contributed by atoms with E-state index >= 15 is 0 Å². The van der Waals surface area contributed by atoms with Crippen molar-refractivity contribution in [3.05, 3.63) is 65.9 Å². The molecule has 0 amide bonds. The first kappa shape index (κ1) is 15.4. The highest BCUT2D eigenvalue weighted by molar-refractivity contribution is 14.1. The van der Waals surface area contributed by atoms with Gasteiger partial charge in [-0.05, 0) is 76.5 Å². The van der Waals surface area contributed by atoms with Crippen molar-refractivity contribution in [3.63, 3.8) is 0 Å². The number of benzene rings is 2. The first-order valence-corrected chi connectivity index (χ1v) is 8.28. The molecule has 100 valence electrons. The Morgan fingerprint density at radius 3 is 2.63 bits per heavy atom. The largest absolute Gasteiger partial charge is 0.324 e. The van der Waals surface area contributed by atoms with Gasteiger partial charge in [-0.2, -0.15) is 0 Å². The molecule has 0 fully saturated rings. The predicted octanol–water partition coefficient (Wildman–Crippen LogP) is 5.20. The summed E-state index contributed by atoms with van der Waals surface area (Å²) in [4.78, 5) is 0. The zero-order valence-corrected chi connectivity index (χ0v) is 15.2. The molecule has 2 rings (SSSR count). The van der Waals surface area contributed by atoms with Gasteiger partial charge in [0.05, 0.1) is 0 Å². The minimum Gasteiger partial charge on any atom is -0.324 e. The van der Waals surface area contributed by atoms with Gasteiger partial charge in [-0.3, -0.25) is 0 Å². The highest BCUT2D eigenvalue weighted by Crippen LogP contribution is 2.27. The maximum absolute atomic E-state index is 13.3. The lowest BCUT2D eigenvalue weighted by molar-refractivity contribution is 0.621. The van der Waals surface area contributed by atoms with E-state index in [1.165, 1.54) is 12.1 Å². The fourth-order valence-corrected chi connectivity index (χ4v) is 3.37. The Hall–Kier alpha value is 0.0200. The summed E-state index contributed by atoms with van der Waals surface area (Å²) in [5, 5.41) is 0. The molecule has 0 heterocycles. The average molecular weight is 499 g/mol. The molecule has 1 atom stereocenters. The molecule has 0 bridgehead atoms. The average Bonchev–Trinajstić information content (AvgIpc) is 2.36. The van der Waals surface area contributed by atoms with Crippen molar-refractivity contribution in [2.75, 3.05) is 0 Å². The van der Waals surface area contributed by atoms with E-state index in [2.05, 4.69) is 54.5 Å². The SMILES string of the molecule is NC(Cc1cc(F)ccc1Br)c1cc(Br)ccc1I. The van der Waals surface area contributed by atoms with E-state index in [-0.39, 0.29) is 11.9 Å². The van der Waals surface area contributed by atoms with Crippen molar-refractivity contribution in [2.45, 2.75) is 12.5 Å². The van der Waals surface area contributed by atoms with E-state index in [4.69, 9.17) is 5.73 Å². The summed E-state index contributed by atoms with van der Waals surface area (Å²) in [5.74, 6) is -0.241. The molecule has 0 aromatic heterocycles. The van der Waals surface area contributed by atoms with E-state index in [1.54, 1.807) is 6.07 Å². The minimum atomic E-state index is -0.241. The Bertz CT molecular complexity index is 604. The molecule has 2 N–H and O–H groups in total. The Kier molecular flexibility index (Phi) is 5.39. The summed E-state index contributed by atoms with van der Waals surface area (Å²) in [6.45, 7) is 0. The second-order valence-electron chi connectivity index (χ2n) is 4.21. The van der Waals surface area contributed by atoms with Gasteiger partial charge in [0, 0.05) is 18.6 Å². The van der Waals surface area contributed by atoms with Crippen LogP contribution in [0.25, 0.3) is 0 Å². The highest BCUT2D eigenvalue weighted by Gasteiger charge is 2.13. The molecule has 0 saturated carbocycles. The Balaban J connectivity index is 2.27. The van der Waals surface area contributed by atoms with Crippen molar-refractivity contribution < 1.29 is 4.39 Å². The first-order valence-electron chi connectivity index (χ1n) is 5.62. The molecule has 0 aliphatic heterocycles. The lowest BCUT2D eigenvalue weighted by Gasteiger charge is -2.15. The normalized spacial score (nSPS) is 12.5. The topological polar surface area (TPSA) is 26.0 Å². The van der Waals surface area contributed by atoms with Gasteiger partial charge in [0.15, 0.2) is 0 Å². The first-order chi connectivity index (χ1) is 8.97. The molecule has 1 unspecified atom stereocenters. The summed E-state index contributed by atoms with van der Waals surface area (Å²) in [7, 11) is 0. The van der Waals surface area contributed by atoms with Crippen LogP contribution < -0.4 is 5.73 Å². The van der Waals surface area contributed by atoms with Gasteiger partial charge < -0.3 is 5.73 Å². The van der Waals surface area contributed by atoms with Crippen molar-refractivity contribution in [1.82, 2.24) is 0 Å². The van der Waals surface area contributed by atoms with Gasteiger partial charge in [-0.15, -0.1) is 0 Å². The maximum atomic E-state index is 13.3. The van der Waals surface area contributed by atoms with Crippen molar-refractivity contribution in [1.29, 1.82) is 0 Å². The van der Waals surface area contributed by atoms with Gasteiger partial charge in [0.1, 0.15) is 5.82 Å².